The SMILES string of the molecule is O=C(c1ccccc1-c1ccccc1)N1C2CCC(CC2)C1CO. The Morgan fingerprint density at radius 2 is 1.62 bits per heavy atom. The lowest BCUT2D eigenvalue weighted by molar-refractivity contribution is -0.0225. The summed E-state index contributed by atoms with van der Waals surface area (Å²) >= 11 is 0. The van der Waals surface area contributed by atoms with Gasteiger partial charge in [-0.25, -0.2) is 0 Å². The summed E-state index contributed by atoms with van der Waals surface area (Å²) in [5.41, 5.74) is 2.78. The van der Waals surface area contributed by atoms with Crippen molar-refractivity contribution in [2.45, 2.75) is 37.8 Å². The van der Waals surface area contributed by atoms with Crippen LogP contribution in [0, 0.1) is 5.92 Å². The van der Waals surface area contributed by atoms with Gasteiger partial charge in [-0.1, -0.05) is 48.5 Å². The number of amides is 1. The van der Waals surface area contributed by atoms with E-state index in [-0.39, 0.29) is 24.6 Å². The standard InChI is InChI=1S/C21H23NO2/c23-14-20-16-10-12-17(13-11-16)22(20)21(24)19-9-5-4-8-18(19)15-6-2-1-3-7-15/h1-9,16-17,20,23H,10-14H2. The summed E-state index contributed by atoms with van der Waals surface area (Å²) in [7, 11) is 0. The van der Waals surface area contributed by atoms with Gasteiger partial charge < -0.3 is 10.0 Å². The Labute approximate surface area is 142 Å². The van der Waals surface area contributed by atoms with Crippen LogP contribution in [0.25, 0.3) is 11.1 Å². The maximum absolute atomic E-state index is 13.4. The van der Waals surface area contributed by atoms with E-state index >= 15 is 0 Å². The van der Waals surface area contributed by atoms with E-state index in [0.29, 0.717) is 5.92 Å². The topological polar surface area (TPSA) is 40.5 Å². The molecule has 3 nitrogen and oxygen atoms in total. The molecule has 2 bridgehead atoms. The molecular weight excluding hydrogens is 298 g/mol. The zero-order chi connectivity index (χ0) is 16.5. The maximum atomic E-state index is 13.4. The number of hydrogen-bond acceptors (Lipinski definition) is 2. The third kappa shape index (κ3) is 2.53. The molecule has 24 heavy (non-hydrogen) atoms. The number of aliphatic hydroxyl groups is 1. The van der Waals surface area contributed by atoms with Crippen LogP contribution in [0.2, 0.25) is 0 Å². The van der Waals surface area contributed by atoms with Crippen LogP contribution in [-0.4, -0.2) is 34.6 Å². The van der Waals surface area contributed by atoms with Crippen molar-refractivity contribution in [2.24, 2.45) is 5.92 Å². The van der Waals surface area contributed by atoms with Crippen LogP contribution in [0.3, 0.4) is 0 Å². The number of rotatable bonds is 3. The van der Waals surface area contributed by atoms with E-state index in [1.807, 2.05) is 59.5 Å². The van der Waals surface area contributed by atoms with E-state index in [1.165, 1.54) is 0 Å². The first-order valence-corrected chi connectivity index (χ1v) is 8.87. The van der Waals surface area contributed by atoms with E-state index in [9.17, 15) is 9.90 Å². The average Bonchev–Trinajstić information content (AvgIpc) is 2.68. The highest BCUT2D eigenvalue weighted by Crippen LogP contribution is 2.40. The second-order valence-electron chi connectivity index (χ2n) is 6.94. The lowest BCUT2D eigenvalue weighted by atomic mass is 9.74. The molecule has 1 aliphatic carbocycles. The second-order valence-corrected chi connectivity index (χ2v) is 6.94. The minimum absolute atomic E-state index is 0.0196. The molecule has 0 spiro atoms. The average molecular weight is 321 g/mol. The summed E-state index contributed by atoms with van der Waals surface area (Å²) in [6.07, 6.45) is 4.42. The molecule has 2 aromatic carbocycles. The van der Waals surface area contributed by atoms with Gasteiger partial charge in [0.2, 0.25) is 0 Å². The van der Waals surface area contributed by atoms with Gasteiger partial charge in [0.25, 0.3) is 5.91 Å². The monoisotopic (exact) mass is 321 g/mol. The summed E-state index contributed by atoms with van der Waals surface area (Å²) in [6.45, 7) is 0.0699. The molecule has 1 saturated carbocycles. The Hall–Kier alpha value is -2.13. The molecule has 2 aliphatic heterocycles. The van der Waals surface area contributed by atoms with Crippen molar-refractivity contribution in [3.8, 4) is 11.1 Å². The zero-order valence-electron chi connectivity index (χ0n) is 13.8. The highest BCUT2D eigenvalue weighted by Gasteiger charge is 2.44. The van der Waals surface area contributed by atoms with Gasteiger partial charge in [0.15, 0.2) is 0 Å². The van der Waals surface area contributed by atoms with Crippen LogP contribution in [0.5, 0.6) is 0 Å². The van der Waals surface area contributed by atoms with Crippen LogP contribution in [0.4, 0.5) is 0 Å². The molecule has 124 valence electrons. The molecule has 0 radical (unpaired) electrons. The van der Waals surface area contributed by atoms with Crippen molar-refractivity contribution in [3.63, 3.8) is 0 Å². The maximum Gasteiger partial charge on any atom is 0.255 e. The zero-order valence-corrected chi connectivity index (χ0v) is 13.8. The summed E-state index contributed by atoms with van der Waals surface area (Å²) in [5, 5.41) is 9.87. The molecule has 2 aromatic rings. The highest BCUT2D eigenvalue weighted by molar-refractivity contribution is 6.01. The number of aliphatic hydroxyl groups excluding tert-OH is 1. The van der Waals surface area contributed by atoms with Gasteiger partial charge in [0, 0.05) is 11.6 Å². The fraction of sp³-hybridized carbons (Fsp3) is 0.381. The fourth-order valence-corrected chi connectivity index (χ4v) is 4.49. The third-order valence-electron chi connectivity index (χ3n) is 5.70. The predicted octanol–water partition coefficient (Wildman–Crippen LogP) is 3.73. The first-order chi connectivity index (χ1) is 11.8. The molecule has 5 rings (SSSR count). The number of carbonyl (C=O) groups excluding carboxylic acids is 1. The van der Waals surface area contributed by atoms with Gasteiger partial charge in [0.1, 0.15) is 0 Å². The molecule has 2 heterocycles. The molecule has 1 N–H and O–H groups in total. The molecule has 1 unspecified atom stereocenters. The van der Waals surface area contributed by atoms with Gasteiger partial charge in [-0.3, -0.25) is 4.79 Å². The van der Waals surface area contributed by atoms with Crippen LogP contribution in [0.1, 0.15) is 36.0 Å². The van der Waals surface area contributed by atoms with Crippen molar-refractivity contribution in [3.05, 3.63) is 60.2 Å². The van der Waals surface area contributed by atoms with Crippen molar-refractivity contribution in [2.75, 3.05) is 6.61 Å². The summed E-state index contributed by atoms with van der Waals surface area (Å²) in [5.74, 6) is 0.524. The number of benzene rings is 2. The highest BCUT2D eigenvalue weighted by atomic mass is 16.3. The van der Waals surface area contributed by atoms with Gasteiger partial charge in [-0.15, -0.1) is 0 Å². The molecule has 1 atom stereocenters. The number of carbonyl (C=O) groups is 1. The first-order valence-electron chi connectivity index (χ1n) is 8.87. The van der Waals surface area contributed by atoms with Gasteiger partial charge in [-0.05, 0) is 48.8 Å². The summed E-state index contributed by atoms with van der Waals surface area (Å²) in [6, 6.07) is 18.2. The molecule has 3 aliphatic rings. The van der Waals surface area contributed by atoms with Gasteiger partial charge in [-0.2, -0.15) is 0 Å². The van der Waals surface area contributed by atoms with E-state index in [4.69, 9.17) is 0 Å². The van der Waals surface area contributed by atoms with E-state index < -0.39 is 0 Å². The molecule has 1 amide bonds. The molecule has 3 heteroatoms. The normalized spacial score (nSPS) is 25.7. The third-order valence-corrected chi connectivity index (χ3v) is 5.70. The summed E-state index contributed by atoms with van der Waals surface area (Å²) < 4.78 is 0. The molecule has 0 aromatic heterocycles. The first kappa shape index (κ1) is 15.4. The van der Waals surface area contributed by atoms with Crippen molar-refractivity contribution in [1.82, 2.24) is 4.90 Å². The van der Waals surface area contributed by atoms with Crippen LogP contribution >= 0.6 is 0 Å². The minimum atomic E-state index is -0.0196. The van der Waals surface area contributed by atoms with Crippen LogP contribution < -0.4 is 0 Å². The largest absolute Gasteiger partial charge is 0.394 e. The van der Waals surface area contributed by atoms with Crippen molar-refractivity contribution >= 4 is 5.91 Å². The Bertz CT molecular complexity index is 720. The quantitative estimate of drug-likeness (QED) is 0.936. The van der Waals surface area contributed by atoms with E-state index in [2.05, 4.69) is 0 Å². The van der Waals surface area contributed by atoms with E-state index in [1.54, 1.807) is 0 Å². The lowest BCUT2D eigenvalue weighted by Gasteiger charge is -2.51. The molecular formula is C21H23NO2. The Balaban J connectivity index is 1.73. The van der Waals surface area contributed by atoms with Gasteiger partial charge >= 0.3 is 0 Å². The van der Waals surface area contributed by atoms with E-state index in [0.717, 1.165) is 42.4 Å². The number of nitrogens with zero attached hydrogens (tertiary/aromatic N) is 1. The van der Waals surface area contributed by atoms with Crippen LogP contribution in [0.15, 0.2) is 54.6 Å². The molecule has 2 saturated heterocycles. The summed E-state index contributed by atoms with van der Waals surface area (Å²) in [4.78, 5) is 15.4. The predicted molar refractivity (Wildman–Crippen MR) is 94.7 cm³/mol. The number of fused-ring (bicyclic) bond motifs is 3. The van der Waals surface area contributed by atoms with Crippen molar-refractivity contribution < 1.29 is 9.90 Å². The lowest BCUT2D eigenvalue weighted by Crippen LogP contribution is -2.58. The molecule has 3 fully saturated rings. The van der Waals surface area contributed by atoms with Crippen molar-refractivity contribution in [1.29, 1.82) is 0 Å². The Kier molecular flexibility index (Phi) is 4.11. The van der Waals surface area contributed by atoms with Gasteiger partial charge in [0.05, 0.1) is 12.6 Å². The second kappa shape index (κ2) is 6.40. The minimum Gasteiger partial charge on any atom is -0.394 e. The Morgan fingerprint density at radius 3 is 2.33 bits per heavy atom. The van der Waals surface area contributed by atoms with Crippen LogP contribution in [-0.2, 0) is 0 Å². The number of hydrogen-bond donors (Lipinski definition) is 1. The fourth-order valence-electron chi connectivity index (χ4n) is 4.49. The Morgan fingerprint density at radius 1 is 0.958 bits per heavy atom. The number of piperidine rings is 2. The smallest absolute Gasteiger partial charge is 0.255 e.